The molecule has 0 unspecified atom stereocenters. The number of halogens is 3. The standard InChI is InChI=1S/C29H25F3N6O4S/c1-17(30)28(39)38-14-29(15-38)7-8-37(13-29)26-21-9-18(3-5-23(21)34-16-35-26)19-10-24(27(42-2)33-12-19)36-43(40,41)25-6-4-20(31)11-22(25)32/h3-6,9-12,16,36H,1,7-8,13-15H2,2H3. The monoisotopic (exact) mass is 610 g/mol. The molecule has 2 aliphatic heterocycles. The molecule has 0 bridgehead atoms. The van der Waals surface area contributed by atoms with Crippen LogP contribution in [0.25, 0.3) is 22.0 Å². The van der Waals surface area contributed by atoms with E-state index in [1.54, 1.807) is 12.1 Å². The maximum atomic E-state index is 14.3. The number of ether oxygens (including phenoxy) is 1. The van der Waals surface area contributed by atoms with Gasteiger partial charge in [0.1, 0.15) is 34.4 Å². The lowest BCUT2D eigenvalue weighted by Crippen LogP contribution is -2.59. The molecule has 2 aromatic heterocycles. The van der Waals surface area contributed by atoms with Crippen molar-refractivity contribution in [3.63, 3.8) is 0 Å². The number of fused-ring (bicyclic) bond motifs is 1. The molecular formula is C29H25F3N6O4S. The number of hydrogen-bond acceptors (Lipinski definition) is 8. The van der Waals surface area contributed by atoms with Crippen LogP contribution >= 0.6 is 0 Å². The summed E-state index contributed by atoms with van der Waals surface area (Å²) >= 11 is 0. The van der Waals surface area contributed by atoms with Crippen molar-refractivity contribution in [2.75, 3.05) is 42.9 Å². The SMILES string of the molecule is C=C(F)C(=O)N1CC2(CCN(c3ncnc4ccc(-c5cnc(OC)c(NS(=O)(=O)c6ccc(F)cc6F)c5)cc34)C2)C1. The molecule has 1 amide bonds. The Kier molecular flexibility index (Phi) is 6.95. The minimum Gasteiger partial charge on any atom is -0.480 e. The smallest absolute Gasteiger partial charge is 0.282 e. The van der Waals surface area contributed by atoms with E-state index in [1.165, 1.54) is 30.6 Å². The normalized spacial score (nSPS) is 15.9. The van der Waals surface area contributed by atoms with Gasteiger partial charge < -0.3 is 14.5 Å². The zero-order valence-electron chi connectivity index (χ0n) is 22.8. The number of anilines is 2. The van der Waals surface area contributed by atoms with Crippen molar-refractivity contribution < 1.29 is 31.1 Å². The maximum absolute atomic E-state index is 14.3. The summed E-state index contributed by atoms with van der Waals surface area (Å²) in [4.78, 5) is 27.9. The van der Waals surface area contributed by atoms with Crippen LogP contribution in [-0.4, -0.2) is 67.5 Å². The number of methoxy groups -OCH3 is 1. The van der Waals surface area contributed by atoms with Crippen LogP contribution in [0.1, 0.15) is 6.42 Å². The molecule has 4 heterocycles. The molecule has 2 saturated heterocycles. The van der Waals surface area contributed by atoms with Gasteiger partial charge in [0.2, 0.25) is 5.88 Å². The van der Waals surface area contributed by atoms with E-state index in [1.807, 2.05) is 6.07 Å². The summed E-state index contributed by atoms with van der Waals surface area (Å²) in [6.07, 6.45) is 3.78. The van der Waals surface area contributed by atoms with Gasteiger partial charge in [-0.05, 0) is 42.3 Å². The summed E-state index contributed by atoms with van der Waals surface area (Å²) in [6.45, 7) is 5.29. The van der Waals surface area contributed by atoms with Gasteiger partial charge in [0.05, 0.1) is 12.6 Å². The third kappa shape index (κ3) is 5.22. The lowest BCUT2D eigenvalue weighted by Gasteiger charge is -2.47. The Morgan fingerprint density at radius 1 is 1.05 bits per heavy atom. The van der Waals surface area contributed by atoms with Crippen LogP contribution < -0.4 is 14.4 Å². The number of sulfonamides is 1. The Balaban J connectivity index is 1.30. The number of likely N-dealkylation sites (tertiary alicyclic amines) is 1. The van der Waals surface area contributed by atoms with Crippen molar-refractivity contribution in [3.8, 4) is 17.0 Å². The first-order valence-electron chi connectivity index (χ1n) is 13.1. The van der Waals surface area contributed by atoms with Crippen molar-refractivity contribution in [1.29, 1.82) is 0 Å². The molecule has 0 saturated carbocycles. The number of carbonyl (C=O) groups excluding carboxylic acids is 1. The zero-order chi connectivity index (χ0) is 30.5. The lowest BCUT2D eigenvalue weighted by atomic mass is 9.79. The van der Waals surface area contributed by atoms with Crippen molar-refractivity contribution in [3.05, 3.63) is 79.0 Å². The van der Waals surface area contributed by atoms with Crippen LogP contribution in [-0.2, 0) is 14.8 Å². The molecule has 1 N–H and O–H groups in total. The number of rotatable bonds is 7. The first kappa shape index (κ1) is 28.4. The number of amides is 1. The predicted octanol–water partition coefficient (Wildman–Crippen LogP) is 4.30. The highest BCUT2D eigenvalue weighted by molar-refractivity contribution is 7.92. The molecule has 222 valence electrons. The van der Waals surface area contributed by atoms with Crippen LogP contribution in [0.2, 0.25) is 0 Å². The van der Waals surface area contributed by atoms with Gasteiger partial charge in [-0.25, -0.2) is 36.5 Å². The highest BCUT2D eigenvalue weighted by Crippen LogP contribution is 2.43. The minimum atomic E-state index is -4.46. The summed E-state index contributed by atoms with van der Waals surface area (Å²) in [5, 5.41) is 0.743. The second kappa shape index (κ2) is 10.5. The van der Waals surface area contributed by atoms with Crippen LogP contribution in [0.3, 0.4) is 0 Å². The second-order valence-electron chi connectivity index (χ2n) is 10.6. The topological polar surface area (TPSA) is 118 Å². The molecule has 10 nitrogen and oxygen atoms in total. The molecule has 0 atom stereocenters. The Labute approximate surface area is 244 Å². The third-order valence-corrected chi connectivity index (χ3v) is 9.13. The number of carbonyl (C=O) groups is 1. The largest absolute Gasteiger partial charge is 0.480 e. The van der Waals surface area contributed by atoms with Gasteiger partial charge in [0.15, 0.2) is 5.83 Å². The Morgan fingerprint density at radius 2 is 1.84 bits per heavy atom. The first-order valence-corrected chi connectivity index (χ1v) is 14.6. The van der Waals surface area contributed by atoms with Gasteiger partial charge >= 0.3 is 0 Å². The summed E-state index contributed by atoms with van der Waals surface area (Å²) in [5.74, 6) is -3.15. The summed E-state index contributed by atoms with van der Waals surface area (Å²) in [6, 6.07) is 9.13. The lowest BCUT2D eigenvalue weighted by molar-refractivity contribution is -0.139. The number of nitrogens with zero attached hydrogens (tertiary/aromatic N) is 5. The van der Waals surface area contributed by atoms with Crippen LogP contribution in [0.4, 0.5) is 24.7 Å². The van der Waals surface area contributed by atoms with E-state index >= 15 is 0 Å². The quantitative estimate of drug-likeness (QED) is 0.308. The molecule has 0 aliphatic carbocycles. The average molecular weight is 611 g/mol. The van der Waals surface area contributed by atoms with Gasteiger partial charge in [0.25, 0.3) is 15.9 Å². The fraction of sp³-hybridized carbons (Fsp3) is 0.241. The van der Waals surface area contributed by atoms with E-state index in [0.717, 1.165) is 23.9 Å². The highest BCUT2D eigenvalue weighted by Gasteiger charge is 2.50. The van der Waals surface area contributed by atoms with Gasteiger partial charge in [-0.1, -0.05) is 12.6 Å². The molecule has 2 aliphatic rings. The molecule has 6 rings (SSSR count). The molecule has 14 heteroatoms. The van der Waals surface area contributed by atoms with Gasteiger partial charge in [-0.15, -0.1) is 0 Å². The molecule has 2 aromatic carbocycles. The zero-order valence-corrected chi connectivity index (χ0v) is 23.7. The Hall–Kier alpha value is -4.72. The van der Waals surface area contributed by atoms with Crippen LogP contribution in [0, 0.1) is 17.0 Å². The van der Waals surface area contributed by atoms with Crippen molar-refractivity contribution in [2.24, 2.45) is 5.41 Å². The molecular weight excluding hydrogens is 585 g/mol. The number of hydrogen-bond donors (Lipinski definition) is 1. The Morgan fingerprint density at radius 3 is 2.56 bits per heavy atom. The van der Waals surface area contributed by atoms with E-state index < -0.39 is 38.3 Å². The predicted molar refractivity (Wildman–Crippen MR) is 153 cm³/mol. The van der Waals surface area contributed by atoms with Crippen molar-refractivity contribution in [1.82, 2.24) is 19.9 Å². The Bertz CT molecular complexity index is 1900. The second-order valence-corrected chi connectivity index (χ2v) is 12.3. The third-order valence-electron chi connectivity index (χ3n) is 7.73. The summed E-state index contributed by atoms with van der Waals surface area (Å²) in [7, 11) is -3.14. The first-order chi connectivity index (χ1) is 20.5. The minimum absolute atomic E-state index is 0.0464. The van der Waals surface area contributed by atoms with Crippen LogP contribution in [0.15, 0.2) is 72.3 Å². The van der Waals surface area contributed by atoms with Gasteiger partial charge in [-0.2, -0.15) is 0 Å². The van der Waals surface area contributed by atoms with Gasteiger partial charge in [-0.3, -0.25) is 9.52 Å². The molecule has 43 heavy (non-hydrogen) atoms. The number of pyridine rings is 1. The highest BCUT2D eigenvalue weighted by atomic mass is 32.2. The molecule has 1 spiro atoms. The maximum Gasteiger partial charge on any atom is 0.282 e. The number of nitrogens with one attached hydrogen (secondary N) is 1. The van der Waals surface area contributed by atoms with Crippen LogP contribution in [0.5, 0.6) is 5.88 Å². The number of aromatic nitrogens is 3. The van der Waals surface area contributed by atoms with E-state index in [2.05, 4.69) is 31.2 Å². The number of benzene rings is 2. The van der Waals surface area contributed by atoms with E-state index in [9.17, 15) is 26.4 Å². The molecule has 4 aromatic rings. The van der Waals surface area contributed by atoms with Crippen molar-refractivity contribution in [2.45, 2.75) is 11.3 Å². The van der Waals surface area contributed by atoms with E-state index in [4.69, 9.17) is 4.74 Å². The van der Waals surface area contributed by atoms with E-state index in [0.29, 0.717) is 54.7 Å². The fourth-order valence-corrected chi connectivity index (χ4v) is 6.77. The van der Waals surface area contributed by atoms with Crippen molar-refractivity contribution >= 4 is 38.3 Å². The fourth-order valence-electron chi connectivity index (χ4n) is 5.67. The molecule has 2 fully saturated rings. The van der Waals surface area contributed by atoms with Gasteiger partial charge in [0, 0.05) is 54.8 Å². The summed E-state index contributed by atoms with van der Waals surface area (Å²) in [5.41, 5.74) is 1.67. The summed E-state index contributed by atoms with van der Waals surface area (Å²) < 4.78 is 74.4. The average Bonchev–Trinajstić information content (AvgIpc) is 3.41. The van der Waals surface area contributed by atoms with E-state index in [-0.39, 0.29) is 17.0 Å². The molecule has 0 radical (unpaired) electrons.